The molecule has 0 saturated heterocycles. The molecular formula is C15H18ClN3O3S. The lowest BCUT2D eigenvalue weighted by Crippen LogP contribution is -2.12. The second-order valence-corrected chi connectivity index (χ2v) is 6.12. The van der Waals surface area contributed by atoms with E-state index in [1.54, 1.807) is 12.1 Å². The molecule has 0 saturated carbocycles. The van der Waals surface area contributed by atoms with Crippen LogP contribution in [0.3, 0.4) is 0 Å². The molecule has 23 heavy (non-hydrogen) atoms. The number of carbonyl (C=O) groups excluding carboxylic acids is 1. The van der Waals surface area contributed by atoms with Crippen molar-refractivity contribution in [3.05, 3.63) is 27.7 Å². The summed E-state index contributed by atoms with van der Waals surface area (Å²) in [5, 5.41) is 12.2. The topological polar surface area (TPSA) is 73.3 Å². The third kappa shape index (κ3) is 4.33. The molecular weight excluding hydrogens is 338 g/mol. The molecule has 0 fully saturated rings. The smallest absolute Gasteiger partial charge is 0.257 e. The minimum Gasteiger partial charge on any atom is -0.493 e. The van der Waals surface area contributed by atoms with Gasteiger partial charge in [0.2, 0.25) is 5.13 Å². The van der Waals surface area contributed by atoms with Gasteiger partial charge in [-0.25, -0.2) is 0 Å². The van der Waals surface area contributed by atoms with E-state index in [0.29, 0.717) is 33.8 Å². The molecule has 124 valence electrons. The van der Waals surface area contributed by atoms with Crippen LogP contribution in [-0.4, -0.2) is 29.8 Å². The average Bonchev–Trinajstić information content (AvgIpc) is 3.00. The number of halogens is 1. The van der Waals surface area contributed by atoms with E-state index in [4.69, 9.17) is 21.1 Å². The summed E-state index contributed by atoms with van der Waals surface area (Å²) in [6.07, 6.45) is 1.62. The van der Waals surface area contributed by atoms with Crippen molar-refractivity contribution in [1.82, 2.24) is 10.2 Å². The Hall–Kier alpha value is -1.86. The zero-order valence-electron chi connectivity index (χ0n) is 13.2. The molecule has 0 atom stereocenters. The summed E-state index contributed by atoms with van der Waals surface area (Å²) in [5.74, 6) is 0.533. The standard InChI is InChI=1S/C15H18ClN3O3S/c1-4-6-22-13-10(16)7-9(8-11(13)21-3)14(20)17-15-19-18-12(5-2)23-15/h7-8H,4-6H2,1-3H3,(H,17,19,20). The maximum atomic E-state index is 12.3. The van der Waals surface area contributed by atoms with Gasteiger partial charge in [0, 0.05) is 5.56 Å². The summed E-state index contributed by atoms with van der Waals surface area (Å²) in [4.78, 5) is 12.3. The van der Waals surface area contributed by atoms with E-state index in [1.807, 2.05) is 13.8 Å². The molecule has 0 spiro atoms. The minimum atomic E-state index is -0.328. The monoisotopic (exact) mass is 355 g/mol. The third-order valence-corrected chi connectivity index (χ3v) is 4.20. The van der Waals surface area contributed by atoms with Crippen molar-refractivity contribution in [1.29, 1.82) is 0 Å². The Labute approximate surface area is 143 Å². The van der Waals surface area contributed by atoms with Crippen molar-refractivity contribution < 1.29 is 14.3 Å². The lowest BCUT2D eigenvalue weighted by Gasteiger charge is -2.13. The fourth-order valence-electron chi connectivity index (χ4n) is 1.81. The van der Waals surface area contributed by atoms with Crippen LogP contribution in [0.2, 0.25) is 5.02 Å². The van der Waals surface area contributed by atoms with E-state index in [0.717, 1.165) is 17.8 Å². The third-order valence-electron chi connectivity index (χ3n) is 2.93. The fourth-order valence-corrected chi connectivity index (χ4v) is 2.75. The first-order valence-electron chi connectivity index (χ1n) is 7.23. The van der Waals surface area contributed by atoms with Gasteiger partial charge in [-0.15, -0.1) is 10.2 Å². The molecule has 2 rings (SSSR count). The summed E-state index contributed by atoms with van der Waals surface area (Å²) in [7, 11) is 1.50. The first kappa shape index (κ1) is 17.5. The quantitative estimate of drug-likeness (QED) is 0.817. The van der Waals surface area contributed by atoms with E-state index < -0.39 is 0 Å². The van der Waals surface area contributed by atoms with Crippen LogP contribution in [-0.2, 0) is 6.42 Å². The maximum absolute atomic E-state index is 12.3. The number of methoxy groups -OCH3 is 1. The predicted molar refractivity (Wildman–Crippen MR) is 91.0 cm³/mol. The predicted octanol–water partition coefficient (Wildman–Crippen LogP) is 3.80. The Bertz CT molecular complexity index is 691. The van der Waals surface area contributed by atoms with Crippen LogP contribution in [0.1, 0.15) is 35.6 Å². The van der Waals surface area contributed by atoms with Gasteiger partial charge in [0.25, 0.3) is 5.91 Å². The molecule has 8 heteroatoms. The minimum absolute atomic E-state index is 0.328. The molecule has 1 N–H and O–H groups in total. The van der Waals surface area contributed by atoms with Crippen molar-refractivity contribution in [3.63, 3.8) is 0 Å². The molecule has 0 aliphatic carbocycles. The highest BCUT2D eigenvalue weighted by Crippen LogP contribution is 2.36. The number of ether oxygens (including phenoxy) is 2. The summed E-state index contributed by atoms with van der Waals surface area (Å²) < 4.78 is 10.8. The first-order chi connectivity index (χ1) is 11.1. The van der Waals surface area contributed by atoms with Crippen molar-refractivity contribution in [2.24, 2.45) is 0 Å². The summed E-state index contributed by atoms with van der Waals surface area (Å²) in [6.45, 7) is 4.49. The van der Waals surface area contributed by atoms with Gasteiger partial charge < -0.3 is 9.47 Å². The van der Waals surface area contributed by atoms with Gasteiger partial charge in [0.05, 0.1) is 18.7 Å². The Morgan fingerprint density at radius 1 is 1.35 bits per heavy atom. The zero-order chi connectivity index (χ0) is 16.8. The number of benzene rings is 1. The average molecular weight is 356 g/mol. The number of nitrogens with zero attached hydrogens (tertiary/aromatic N) is 2. The molecule has 1 aromatic heterocycles. The number of carbonyl (C=O) groups is 1. The van der Waals surface area contributed by atoms with Gasteiger partial charge in [-0.05, 0) is 25.0 Å². The van der Waals surface area contributed by atoms with E-state index in [9.17, 15) is 4.79 Å². The molecule has 2 aromatic rings. The van der Waals surface area contributed by atoms with Gasteiger partial charge in [0.1, 0.15) is 5.01 Å². The van der Waals surface area contributed by atoms with E-state index in [2.05, 4.69) is 15.5 Å². The normalized spacial score (nSPS) is 10.4. The zero-order valence-corrected chi connectivity index (χ0v) is 14.8. The summed E-state index contributed by atoms with van der Waals surface area (Å²) in [6, 6.07) is 3.14. The number of aryl methyl sites for hydroxylation is 1. The van der Waals surface area contributed by atoms with Crippen LogP contribution in [0.25, 0.3) is 0 Å². The van der Waals surface area contributed by atoms with Crippen LogP contribution in [0.15, 0.2) is 12.1 Å². The molecule has 0 unspecified atom stereocenters. The van der Waals surface area contributed by atoms with E-state index in [1.165, 1.54) is 18.4 Å². The Morgan fingerprint density at radius 3 is 2.74 bits per heavy atom. The molecule has 6 nitrogen and oxygen atoms in total. The number of hydrogen-bond donors (Lipinski definition) is 1. The van der Waals surface area contributed by atoms with Gasteiger partial charge in [-0.1, -0.05) is 36.8 Å². The van der Waals surface area contributed by atoms with Crippen molar-refractivity contribution in [2.45, 2.75) is 26.7 Å². The lowest BCUT2D eigenvalue weighted by molar-refractivity contribution is 0.102. The molecule has 0 radical (unpaired) electrons. The number of anilines is 1. The highest BCUT2D eigenvalue weighted by molar-refractivity contribution is 7.15. The SMILES string of the molecule is CCCOc1c(Cl)cc(C(=O)Nc2nnc(CC)s2)cc1OC. The van der Waals surface area contributed by atoms with Crippen molar-refractivity contribution >= 4 is 34.0 Å². The summed E-state index contributed by atoms with van der Waals surface area (Å²) in [5.41, 5.74) is 0.365. The molecule has 0 bridgehead atoms. The molecule has 1 amide bonds. The Kier molecular flexibility index (Phi) is 6.18. The fraction of sp³-hybridized carbons (Fsp3) is 0.400. The number of amides is 1. The molecule has 0 aliphatic heterocycles. The van der Waals surface area contributed by atoms with Crippen LogP contribution in [0.5, 0.6) is 11.5 Å². The number of aromatic nitrogens is 2. The van der Waals surface area contributed by atoms with Gasteiger partial charge in [-0.2, -0.15) is 0 Å². The first-order valence-corrected chi connectivity index (χ1v) is 8.42. The van der Waals surface area contributed by atoms with E-state index in [-0.39, 0.29) is 5.91 Å². The van der Waals surface area contributed by atoms with Crippen LogP contribution >= 0.6 is 22.9 Å². The number of nitrogens with one attached hydrogen (secondary N) is 1. The number of hydrogen-bond acceptors (Lipinski definition) is 6. The summed E-state index contributed by atoms with van der Waals surface area (Å²) >= 11 is 7.55. The van der Waals surface area contributed by atoms with Crippen LogP contribution in [0.4, 0.5) is 5.13 Å². The lowest BCUT2D eigenvalue weighted by atomic mass is 10.2. The van der Waals surface area contributed by atoms with Gasteiger partial charge in [0.15, 0.2) is 11.5 Å². The molecule has 1 aromatic carbocycles. The number of rotatable bonds is 7. The van der Waals surface area contributed by atoms with Gasteiger partial charge in [-0.3, -0.25) is 10.1 Å². The van der Waals surface area contributed by atoms with Gasteiger partial charge >= 0.3 is 0 Å². The molecule has 1 heterocycles. The highest BCUT2D eigenvalue weighted by atomic mass is 35.5. The van der Waals surface area contributed by atoms with Crippen molar-refractivity contribution in [2.75, 3.05) is 19.0 Å². The second kappa shape index (κ2) is 8.12. The Balaban J connectivity index is 2.21. The maximum Gasteiger partial charge on any atom is 0.257 e. The van der Waals surface area contributed by atoms with Crippen LogP contribution in [0, 0.1) is 0 Å². The second-order valence-electron chi connectivity index (χ2n) is 4.65. The van der Waals surface area contributed by atoms with Crippen molar-refractivity contribution in [3.8, 4) is 11.5 Å². The highest BCUT2D eigenvalue weighted by Gasteiger charge is 2.17. The Morgan fingerprint density at radius 2 is 2.13 bits per heavy atom. The van der Waals surface area contributed by atoms with Crippen LogP contribution < -0.4 is 14.8 Å². The largest absolute Gasteiger partial charge is 0.493 e. The molecule has 0 aliphatic rings. The van der Waals surface area contributed by atoms with E-state index >= 15 is 0 Å².